The highest BCUT2D eigenvalue weighted by Gasteiger charge is 2.35. The summed E-state index contributed by atoms with van der Waals surface area (Å²) in [4.78, 5) is 33.5. The minimum Gasteiger partial charge on any atom is -0.488 e. The fraction of sp³-hybridized carbons (Fsp3) is 0.103. The van der Waals surface area contributed by atoms with Gasteiger partial charge in [0.05, 0.1) is 28.5 Å². The Morgan fingerprint density at radius 1 is 0.894 bits per heavy atom. The molecule has 7 rings (SSSR count). The van der Waals surface area contributed by atoms with E-state index in [4.69, 9.17) is 14.5 Å². The predicted molar refractivity (Wildman–Crippen MR) is 182 cm³/mol. The zero-order chi connectivity index (χ0) is 32.3. The number of carbonyl (C=O) groups is 1. The molecule has 0 N–H and O–H groups in total. The molecule has 0 unspecified atom stereocenters. The molecule has 0 aliphatic carbocycles. The number of aromatic nitrogens is 1. The number of rotatable bonds is 8. The number of carbonyl (C=O) groups excluding carboxylic acids is 1. The van der Waals surface area contributed by atoms with Crippen molar-refractivity contribution in [3.05, 3.63) is 175 Å². The van der Waals surface area contributed by atoms with Crippen LogP contribution in [-0.4, -0.2) is 17.1 Å². The van der Waals surface area contributed by atoms with E-state index < -0.39 is 17.8 Å². The number of nitrogens with zero attached hydrogens (tertiary/aromatic N) is 2. The fourth-order valence-corrected chi connectivity index (χ4v) is 6.80. The van der Waals surface area contributed by atoms with Crippen LogP contribution in [0, 0.1) is 5.82 Å². The van der Waals surface area contributed by atoms with Crippen molar-refractivity contribution >= 4 is 39.9 Å². The Hall–Kier alpha value is -5.60. The van der Waals surface area contributed by atoms with Crippen LogP contribution >= 0.6 is 11.3 Å². The number of ether oxygens (including phenoxy) is 2. The first-order valence-corrected chi connectivity index (χ1v) is 16.1. The second kappa shape index (κ2) is 13.0. The summed E-state index contributed by atoms with van der Waals surface area (Å²) in [7, 11) is 0. The van der Waals surface area contributed by atoms with Crippen LogP contribution in [0.2, 0.25) is 0 Å². The number of hydrogen-bond donors (Lipinski definition) is 0. The van der Waals surface area contributed by atoms with Crippen LogP contribution in [0.1, 0.15) is 35.2 Å². The molecule has 232 valence electrons. The van der Waals surface area contributed by atoms with Gasteiger partial charge in [0, 0.05) is 11.1 Å². The number of thiazole rings is 1. The molecule has 5 aromatic carbocycles. The zero-order valence-corrected chi connectivity index (χ0v) is 26.2. The Labute approximate surface area is 274 Å². The van der Waals surface area contributed by atoms with Crippen molar-refractivity contribution in [3.8, 4) is 5.75 Å². The van der Waals surface area contributed by atoms with Crippen LogP contribution < -0.4 is 19.6 Å². The molecule has 6 nitrogen and oxygen atoms in total. The topological polar surface area (TPSA) is 69.9 Å². The summed E-state index contributed by atoms with van der Waals surface area (Å²) in [6, 6.07) is 36.0. The molecule has 1 aromatic heterocycles. The van der Waals surface area contributed by atoms with Crippen LogP contribution in [-0.2, 0) is 16.1 Å². The lowest BCUT2D eigenvalue weighted by Gasteiger charge is -2.25. The van der Waals surface area contributed by atoms with Gasteiger partial charge in [0.15, 0.2) is 4.80 Å². The lowest BCUT2D eigenvalue weighted by Crippen LogP contribution is -2.40. The van der Waals surface area contributed by atoms with E-state index in [0.29, 0.717) is 38.5 Å². The van der Waals surface area contributed by atoms with Gasteiger partial charge in [-0.1, -0.05) is 114 Å². The number of fused-ring (bicyclic) bond motifs is 2. The minimum absolute atomic E-state index is 0.137. The van der Waals surface area contributed by atoms with Crippen molar-refractivity contribution in [2.45, 2.75) is 19.6 Å². The molecule has 2 heterocycles. The summed E-state index contributed by atoms with van der Waals surface area (Å²) >= 11 is 1.23. The highest BCUT2D eigenvalue weighted by atomic mass is 32.1. The standard InChI is InChI=1S/C39H29FN2O4S/c1-2-45-38(44)34-35(27-14-7-4-8-15-27)41-39-42(36(34)28-17-20-29(40)21-18-28)37(43)33(47-39)23-31-30-16-10-9-13-26(30)19-22-32(31)46-24-25-11-5-3-6-12-25/h3-23,36H,2,24H2,1H3/b33-23-/t36-/m0/s1. The van der Waals surface area contributed by atoms with Crippen LogP contribution in [0.5, 0.6) is 5.75 Å². The molecule has 1 aliphatic rings. The molecule has 0 bridgehead atoms. The Bertz CT molecular complexity index is 2310. The van der Waals surface area contributed by atoms with E-state index in [0.717, 1.165) is 21.9 Å². The third kappa shape index (κ3) is 5.91. The third-order valence-corrected chi connectivity index (χ3v) is 8.99. The average Bonchev–Trinajstić information content (AvgIpc) is 3.42. The van der Waals surface area contributed by atoms with Gasteiger partial charge >= 0.3 is 5.97 Å². The van der Waals surface area contributed by atoms with Crippen molar-refractivity contribution in [1.29, 1.82) is 0 Å². The molecule has 1 aliphatic heterocycles. The summed E-state index contributed by atoms with van der Waals surface area (Å²) in [5, 5.41) is 1.93. The van der Waals surface area contributed by atoms with Gasteiger partial charge in [-0.2, -0.15) is 0 Å². The van der Waals surface area contributed by atoms with E-state index in [2.05, 4.69) is 0 Å². The molecule has 0 saturated heterocycles. The van der Waals surface area contributed by atoms with Crippen LogP contribution in [0.15, 0.2) is 137 Å². The smallest absolute Gasteiger partial charge is 0.338 e. The first kappa shape index (κ1) is 30.1. The highest BCUT2D eigenvalue weighted by Crippen LogP contribution is 2.35. The Balaban J connectivity index is 1.46. The van der Waals surface area contributed by atoms with Crippen molar-refractivity contribution in [1.82, 2.24) is 4.57 Å². The summed E-state index contributed by atoms with van der Waals surface area (Å²) in [5.41, 5.74) is 3.32. The lowest BCUT2D eigenvalue weighted by atomic mass is 9.93. The molecule has 0 radical (unpaired) electrons. The lowest BCUT2D eigenvalue weighted by molar-refractivity contribution is -0.138. The fourth-order valence-electron chi connectivity index (χ4n) is 5.82. The monoisotopic (exact) mass is 640 g/mol. The van der Waals surface area contributed by atoms with Gasteiger partial charge in [-0.05, 0) is 53.1 Å². The van der Waals surface area contributed by atoms with E-state index in [1.54, 1.807) is 19.1 Å². The second-order valence-electron chi connectivity index (χ2n) is 11.0. The average molecular weight is 641 g/mol. The molecule has 0 fully saturated rings. The summed E-state index contributed by atoms with van der Waals surface area (Å²) < 4.78 is 27.9. The second-order valence-corrected chi connectivity index (χ2v) is 12.0. The van der Waals surface area contributed by atoms with E-state index >= 15 is 0 Å². The molecule has 6 aromatic rings. The van der Waals surface area contributed by atoms with E-state index in [9.17, 15) is 14.0 Å². The maximum Gasteiger partial charge on any atom is 0.338 e. The van der Waals surface area contributed by atoms with Gasteiger partial charge in [0.1, 0.15) is 18.2 Å². The van der Waals surface area contributed by atoms with E-state index in [-0.39, 0.29) is 17.7 Å². The Kier molecular flexibility index (Phi) is 8.33. The summed E-state index contributed by atoms with van der Waals surface area (Å²) in [5.74, 6) is -0.389. The van der Waals surface area contributed by atoms with Gasteiger partial charge in [-0.15, -0.1) is 0 Å². The normalized spacial score (nSPS) is 14.5. The van der Waals surface area contributed by atoms with Crippen LogP contribution in [0.3, 0.4) is 0 Å². The molecule has 0 saturated carbocycles. The molecular weight excluding hydrogens is 612 g/mol. The largest absolute Gasteiger partial charge is 0.488 e. The van der Waals surface area contributed by atoms with Crippen LogP contribution in [0.4, 0.5) is 4.39 Å². The van der Waals surface area contributed by atoms with E-state index in [1.165, 1.54) is 28.0 Å². The molecule has 8 heteroatoms. The van der Waals surface area contributed by atoms with Gasteiger partial charge in [0.25, 0.3) is 5.56 Å². The number of benzene rings is 5. The molecular formula is C39H29FN2O4S. The quantitative estimate of drug-likeness (QED) is 0.172. The number of hydrogen-bond acceptors (Lipinski definition) is 6. The van der Waals surface area contributed by atoms with Crippen LogP contribution in [0.25, 0.3) is 22.5 Å². The maximum atomic E-state index is 14.5. The van der Waals surface area contributed by atoms with Gasteiger partial charge in [-0.25, -0.2) is 14.2 Å². The van der Waals surface area contributed by atoms with Crippen molar-refractivity contribution in [3.63, 3.8) is 0 Å². The number of esters is 1. The van der Waals surface area contributed by atoms with Crippen molar-refractivity contribution in [2.24, 2.45) is 4.99 Å². The maximum absolute atomic E-state index is 14.5. The Morgan fingerprint density at radius 3 is 2.34 bits per heavy atom. The number of halogens is 1. The van der Waals surface area contributed by atoms with Crippen molar-refractivity contribution in [2.75, 3.05) is 6.61 Å². The molecule has 1 atom stereocenters. The molecule has 0 spiro atoms. The van der Waals surface area contributed by atoms with Gasteiger partial charge in [0.2, 0.25) is 0 Å². The first-order valence-electron chi connectivity index (χ1n) is 15.2. The van der Waals surface area contributed by atoms with Gasteiger partial charge < -0.3 is 9.47 Å². The van der Waals surface area contributed by atoms with Gasteiger partial charge in [-0.3, -0.25) is 9.36 Å². The predicted octanol–water partition coefficient (Wildman–Crippen LogP) is 6.81. The highest BCUT2D eigenvalue weighted by molar-refractivity contribution is 7.07. The third-order valence-electron chi connectivity index (χ3n) is 8.00. The zero-order valence-electron chi connectivity index (χ0n) is 25.4. The summed E-state index contributed by atoms with van der Waals surface area (Å²) in [6.45, 7) is 2.22. The Morgan fingerprint density at radius 2 is 1.60 bits per heavy atom. The minimum atomic E-state index is -0.899. The van der Waals surface area contributed by atoms with E-state index in [1.807, 2.05) is 103 Å². The summed E-state index contributed by atoms with van der Waals surface area (Å²) in [6.07, 6.45) is 1.84. The van der Waals surface area contributed by atoms with Crippen molar-refractivity contribution < 1.29 is 18.7 Å². The first-order chi connectivity index (χ1) is 23.0. The SMILES string of the molecule is CCOC(=O)C1=C(c2ccccc2)N=c2s/c(=C\c3c(OCc4ccccc4)ccc4ccccc34)c(=O)n2[C@H]1c1ccc(F)cc1. The molecule has 47 heavy (non-hydrogen) atoms. The molecule has 0 amide bonds.